The highest BCUT2D eigenvalue weighted by atomic mass is 28.3. The zero-order chi connectivity index (χ0) is 6.20. The molecule has 2 heteroatoms. The van der Waals surface area contributed by atoms with Crippen LogP contribution >= 0.6 is 0 Å². The van der Waals surface area contributed by atoms with Crippen LogP contribution in [-0.4, -0.2) is 21.2 Å². The molecule has 1 aliphatic rings. The first-order chi connectivity index (χ1) is 3.61. The van der Waals surface area contributed by atoms with Gasteiger partial charge in [-0.05, 0) is 18.6 Å². The van der Waals surface area contributed by atoms with Crippen LogP contribution in [0.15, 0.2) is 0 Å². The fourth-order valence-electron chi connectivity index (χ4n) is 0.901. The molecule has 1 saturated heterocycles. The van der Waals surface area contributed by atoms with Crippen LogP contribution in [0, 0.1) is 0 Å². The van der Waals surface area contributed by atoms with Crippen LogP contribution < -0.4 is 5.32 Å². The lowest BCUT2D eigenvalue weighted by Crippen LogP contribution is -2.49. The summed E-state index contributed by atoms with van der Waals surface area (Å²) in [6, 6.07) is 0. The SMILES string of the molecule is C[Si](C)(C)C1CNC1. The number of rotatable bonds is 1. The van der Waals surface area contributed by atoms with Crippen molar-refractivity contribution in [1.82, 2.24) is 5.32 Å². The van der Waals surface area contributed by atoms with Crippen molar-refractivity contribution >= 4 is 8.07 Å². The smallest absolute Gasteiger partial charge is 0.0503 e. The van der Waals surface area contributed by atoms with E-state index in [0.717, 1.165) is 5.54 Å². The highest BCUT2D eigenvalue weighted by Crippen LogP contribution is 2.24. The Hall–Kier alpha value is 0.177. The van der Waals surface area contributed by atoms with Gasteiger partial charge in [-0.15, -0.1) is 0 Å². The molecule has 0 aromatic carbocycles. The Labute approximate surface area is 52.5 Å². The van der Waals surface area contributed by atoms with E-state index >= 15 is 0 Å². The molecule has 0 aromatic heterocycles. The van der Waals surface area contributed by atoms with E-state index in [4.69, 9.17) is 0 Å². The predicted molar refractivity (Wildman–Crippen MR) is 40.0 cm³/mol. The summed E-state index contributed by atoms with van der Waals surface area (Å²) >= 11 is 0. The zero-order valence-corrected chi connectivity index (χ0v) is 6.99. The van der Waals surface area contributed by atoms with Crippen molar-refractivity contribution in [2.75, 3.05) is 13.1 Å². The Balaban J connectivity index is 2.34. The van der Waals surface area contributed by atoms with Gasteiger partial charge in [-0.25, -0.2) is 0 Å². The van der Waals surface area contributed by atoms with Crippen molar-refractivity contribution in [2.24, 2.45) is 0 Å². The van der Waals surface area contributed by atoms with Crippen LogP contribution in [0.5, 0.6) is 0 Å². The van der Waals surface area contributed by atoms with Gasteiger partial charge in [0.15, 0.2) is 0 Å². The minimum atomic E-state index is -0.736. The number of hydrogen-bond acceptors (Lipinski definition) is 1. The monoisotopic (exact) mass is 129 g/mol. The Morgan fingerprint density at radius 3 is 1.75 bits per heavy atom. The van der Waals surface area contributed by atoms with Crippen LogP contribution in [0.1, 0.15) is 0 Å². The van der Waals surface area contributed by atoms with Gasteiger partial charge >= 0.3 is 0 Å². The van der Waals surface area contributed by atoms with Crippen molar-refractivity contribution < 1.29 is 0 Å². The molecule has 0 atom stereocenters. The van der Waals surface area contributed by atoms with Gasteiger partial charge in [0.2, 0.25) is 0 Å². The molecular weight excluding hydrogens is 114 g/mol. The van der Waals surface area contributed by atoms with Gasteiger partial charge in [0.05, 0.1) is 8.07 Å². The second kappa shape index (κ2) is 1.85. The van der Waals surface area contributed by atoms with E-state index in [-0.39, 0.29) is 0 Å². The van der Waals surface area contributed by atoms with E-state index in [1.807, 2.05) is 0 Å². The summed E-state index contributed by atoms with van der Waals surface area (Å²) in [5.74, 6) is 0. The van der Waals surface area contributed by atoms with Crippen LogP contribution in [0.25, 0.3) is 0 Å². The highest BCUT2D eigenvalue weighted by Gasteiger charge is 2.30. The summed E-state index contributed by atoms with van der Waals surface area (Å²) in [7, 11) is -0.736. The van der Waals surface area contributed by atoms with Crippen LogP contribution in [0.4, 0.5) is 0 Å². The van der Waals surface area contributed by atoms with Crippen molar-refractivity contribution in [3.05, 3.63) is 0 Å². The molecule has 1 rings (SSSR count). The minimum Gasteiger partial charge on any atom is -0.317 e. The molecule has 1 N–H and O–H groups in total. The molecule has 0 unspecified atom stereocenters. The van der Waals surface area contributed by atoms with E-state index in [1.54, 1.807) is 0 Å². The molecule has 0 amide bonds. The van der Waals surface area contributed by atoms with E-state index in [9.17, 15) is 0 Å². The van der Waals surface area contributed by atoms with Gasteiger partial charge < -0.3 is 5.32 Å². The van der Waals surface area contributed by atoms with Gasteiger partial charge in [0.25, 0.3) is 0 Å². The fraction of sp³-hybridized carbons (Fsp3) is 1.00. The second-order valence-electron chi connectivity index (χ2n) is 3.72. The third kappa shape index (κ3) is 1.12. The van der Waals surface area contributed by atoms with Gasteiger partial charge in [0, 0.05) is 0 Å². The van der Waals surface area contributed by atoms with E-state index in [0.29, 0.717) is 0 Å². The molecule has 0 aliphatic carbocycles. The average Bonchev–Trinajstić information content (AvgIpc) is 1.16. The molecule has 8 heavy (non-hydrogen) atoms. The summed E-state index contributed by atoms with van der Waals surface area (Å²) in [4.78, 5) is 0. The van der Waals surface area contributed by atoms with Crippen LogP contribution in [0.3, 0.4) is 0 Å². The largest absolute Gasteiger partial charge is 0.317 e. The van der Waals surface area contributed by atoms with E-state index in [1.165, 1.54) is 13.1 Å². The maximum absolute atomic E-state index is 3.30. The lowest BCUT2D eigenvalue weighted by Gasteiger charge is -2.36. The van der Waals surface area contributed by atoms with E-state index < -0.39 is 8.07 Å². The van der Waals surface area contributed by atoms with Crippen molar-refractivity contribution in [2.45, 2.75) is 25.2 Å². The topological polar surface area (TPSA) is 12.0 Å². The molecule has 0 spiro atoms. The standard InChI is InChI=1S/C6H15NSi/c1-8(2,3)6-4-7-5-6/h6-7H,4-5H2,1-3H3. The van der Waals surface area contributed by atoms with Gasteiger partial charge in [-0.1, -0.05) is 19.6 Å². The quantitative estimate of drug-likeness (QED) is 0.526. The molecule has 1 heterocycles. The average molecular weight is 129 g/mol. The second-order valence-corrected chi connectivity index (χ2v) is 9.27. The first-order valence-electron chi connectivity index (χ1n) is 3.31. The first-order valence-corrected chi connectivity index (χ1v) is 6.89. The Morgan fingerprint density at radius 2 is 1.75 bits per heavy atom. The fourth-order valence-corrected chi connectivity index (χ4v) is 2.41. The van der Waals surface area contributed by atoms with Crippen molar-refractivity contribution in [1.29, 1.82) is 0 Å². The molecule has 1 nitrogen and oxygen atoms in total. The van der Waals surface area contributed by atoms with E-state index in [2.05, 4.69) is 25.0 Å². The van der Waals surface area contributed by atoms with Gasteiger partial charge in [-0.3, -0.25) is 0 Å². The van der Waals surface area contributed by atoms with Gasteiger partial charge in [-0.2, -0.15) is 0 Å². The van der Waals surface area contributed by atoms with Crippen LogP contribution in [0.2, 0.25) is 25.2 Å². The summed E-state index contributed by atoms with van der Waals surface area (Å²) < 4.78 is 0. The summed E-state index contributed by atoms with van der Waals surface area (Å²) in [6.07, 6.45) is 0. The Bertz CT molecular complexity index is 81.0. The molecule has 0 saturated carbocycles. The maximum atomic E-state index is 3.30. The third-order valence-corrected chi connectivity index (χ3v) is 4.86. The minimum absolute atomic E-state index is 0.736. The molecular formula is C6H15NSi. The molecule has 0 aromatic rings. The number of hydrogen-bond donors (Lipinski definition) is 1. The molecule has 48 valence electrons. The number of nitrogens with one attached hydrogen (secondary N) is 1. The van der Waals surface area contributed by atoms with Crippen molar-refractivity contribution in [3.63, 3.8) is 0 Å². The normalized spacial score (nSPS) is 22.9. The first kappa shape index (κ1) is 6.30. The highest BCUT2D eigenvalue weighted by molar-refractivity contribution is 6.77. The maximum Gasteiger partial charge on any atom is 0.0503 e. The molecule has 1 aliphatic heterocycles. The Kier molecular flexibility index (Phi) is 1.45. The summed E-state index contributed by atoms with van der Waals surface area (Å²) in [5, 5.41) is 3.30. The predicted octanol–water partition coefficient (Wildman–Crippen LogP) is 1.30. The molecule has 0 radical (unpaired) electrons. The summed E-state index contributed by atoms with van der Waals surface area (Å²) in [5.41, 5.74) is 1.06. The third-order valence-electron chi connectivity index (χ3n) is 2.01. The molecule has 0 bridgehead atoms. The molecule has 1 fully saturated rings. The lowest BCUT2D eigenvalue weighted by atomic mass is 10.3. The van der Waals surface area contributed by atoms with Crippen molar-refractivity contribution in [3.8, 4) is 0 Å². The zero-order valence-electron chi connectivity index (χ0n) is 5.99. The van der Waals surface area contributed by atoms with Crippen LogP contribution in [-0.2, 0) is 0 Å². The van der Waals surface area contributed by atoms with Gasteiger partial charge in [0.1, 0.15) is 0 Å². The Morgan fingerprint density at radius 1 is 1.25 bits per heavy atom. The lowest BCUT2D eigenvalue weighted by molar-refractivity contribution is 0.512. The summed E-state index contributed by atoms with van der Waals surface area (Å²) in [6.45, 7) is 9.90.